The number of nitrogens with one attached hydrogen (secondary N) is 1. The number of ether oxygens (including phenoxy) is 1. The molecule has 0 aromatic carbocycles. The van der Waals surface area contributed by atoms with E-state index in [0.717, 1.165) is 0 Å². The van der Waals surface area contributed by atoms with Crippen molar-refractivity contribution >= 4 is 11.9 Å². The van der Waals surface area contributed by atoms with Crippen LogP contribution in [0.5, 0.6) is 0 Å². The van der Waals surface area contributed by atoms with Gasteiger partial charge in [-0.25, -0.2) is 4.79 Å². The third kappa shape index (κ3) is 3.74. The van der Waals surface area contributed by atoms with Crippen molar-refractivity contribution in [1.29, 1.82) is 0 Å². The lowest BCUT2D eigenvalue weighted by atomic mass is 9.87. The van der Waals surface area contributed by atoms with E-state index in [-0.39, 0.29) is 5.78 Å². The molecule has 0 unspecified atom stereocenters. The monoisotopic (exact) mass is 203 g/mol. The van der Waals surface area contributed by atoms with Gasteiger partial charge in [-0.3, -0.25) is 4.79 Å². The molecule has 0 rings (SSSR count). The van der Waals surface area contributed by atoms with E-state index in [2.05, 4.69) is 10.1 Å². The van der Waals surface area contributed by atoms with Crippen molar-refractivity contribution < 1.29 is 19.4 Å². The maximum atomic E-state index is 11.6. The molecule has 0 radical (unpaired) electrons. The Morgan fingerprint density at radius 3 is 2.21 bits per heavy atom. The van der Waals surface area contributed by atoms with Gasteiger partial charge in [0.25, 0.3) is 0 Å². The Kier molecular flexibility index (Phi) is 4.56. The highest BCUT2D eigenvalue weighted by Crippen LogP contribution is 2.16. The summed E-state index contributed by atoms with van der Waals surface area (Å²) in [5.74, 6) is -0.231. The van der Waals surface area contributed by atoms with Gasteiger partial charge in [-0.2, -0.15) is 0 Å². The number of carbonyl (C=O) groups excluding carboxylic acids is 2. The fourth-order valence-electron chi connectivity index (χ4n) is 0.918. The van der Waals surface area contributed by atoms with Crippen LogP contribution < -0.4 is 5.32 Å². The fourth-order valence-corrected chi connectivity index (χ4v) is 0.918. The molecule has 5 heteroatoms. The molecule has 0 spiro atoms. The lowest BCUT2D eigenvalue weighted by Gasteiger charge is -2.23. The van der Waals surface area contributed by atoms with E-state index in [1.807, 2.05) is 0 Å². The smallest absolute Gasteiger partial charge is 0.407 e. The van der Waals surface area contributed by atoms with Crippen molar-refractivity contribution in [3.8, 4) is 0 Å². The summed E-state index contributed by atoms with van der Waals surface area (Å²) in [6.07, 6.45) is -0.721. The first kappa shape index (κ1) is 12.9. The number of carbonyl (C=O) groups is 2. The first-order valence-electron chi connectivity index (χ1n) is 4.32. The number of hydrogen-bond donors (Lipinski definition) is 2. The number of rotatable bonds is 3. The minimum absolute atomic E-state index is 0.231. The molecule has 0 saturated heterocycles. The largest absolute Gasteiger partial charge is 0.453 e. The SMILES string of the molecule is COC(=O)N[C@@H](CO)C(=O)C(C)(C)C. The molecule has 1 amide bonds. The van der Waals surface area contributed by atoms with Crippen LogP contribution >= 0.6 is 0 Å². The molecular weight excluding hydrogens is 186 g/mol. The molecule has 0 aliphatic carbocycles. The average molecular weight is 203 g/mol. The van der Waals surface area contributed by atoms with E-state index in [1.54, 1.807) is 20.8 Å². The van der Waals surface area contributed by atoms with Gasteiger partial charge < -0.3 is 15.2 Å². The van der Waals surface area contributed by atoms with Crippen LogP contribution in [-0.4, -0.2) is 36.7 Å². The highest BCUT2D eigenvalue weighted by atomic mass is 16.5. The number of aliphatic hydroxyl groups excluding tert-OH is 1. The fraction of sp³-hybridized carbons (Fsp3) is 0.778. The Morgan fingerprint density at radius 2 is 1.93 bits per heavy atom. The van der Waals surface area contributed by atoms with Gasteiger partial charge >= 0.3 is 6.09 Å². The molecule has 0 aromatic heterocycles. The van der Waals surface area contributed by atoms with Crippen LogP contribution in [0.25, 0.3) is 0 Å². The Hall–Kier alpha value is -1.10. The third-order valence-electron chi connectivity index (χ3n) is 1.72. The van der Waals surface area contributed by atoms with Gasteiger partial charge in [-0.05, 0) is 0 Å². The highest BCUT2D eigenvalue weighted by molar-refractivity contribution is 5.91. The van der Waals surface area contributed by atoms with Crippen LogP contribution in [0.2, 0.25) is 0 Å². The molecule has 0 heterocycles. The summed E-state index contributed by atoms with van der Waals surface area (Å²) in [6, 6.07) is -0.901. The van der Waals surface area contributed by atoms with Gasteiger partial charge in [-0.1, -0.05) is 20.8 Å². The number of methoxy groups -OCH3 is 1. The second-order valence-corrected chi connectivity index (χ2v) is 3.99. The third-order valence-corrected chi connectivity index (χ3v) is 1.72. The highest BCUT2D eigenvalue weighted by Gasteiger charge is 2.30. The Morgan fingerprint density at radius 1 is 1.43 bits per heavy atom. The summed E-state index contributed by atoms with van der Waals surface area (Å²) in [5.41, 5.74) is -0.603. The van der Waals surface area contributed by atoms with E-state index in [4.69, 9.17) is 5.11 Å². The van der Waals surface area contributed by atoms with Crippen molar-refractivity contribution in [2.45, 2.75) is 26.8 Å². The summed E-state index contributed by atoms with van der Waals surface area (Å²) in [7, 11) is 1.20. The second kappa shape index (κ2) is 4.95. The van der Waals surface area contributed by atoms with Crippen LogP contribution in [0, 0.1) is 5.41 Å². The zero-order chi connectivity index (χ0) is 11.4. The Labute approximate surface area is 83.4 Å². The normalized spacial score (nSPS) is 13.2. The molecule has 0 fully saturated rings. The van der Waals surface area contributed by atoms with Gasteiger partial charge in [0.15, 0.2) is 5.78 Å². The lowest BCUT2D eigenvalue weighted by Crippen LogP contribution is -2.47. The van der Waals surface area contributed by atoms with Gasteiger partial charge in [0.1, 0.15) is 6.04 Å². The quantitative estimate of drug-likeness (QED) is 0.692. The van der Waals surface area contributed by atoms with Crippen molar-refractivity contribution in [3.05, 3.63) is 0 Å². The number of alkyl carbamates (subject to hydrolysis) is 1. The predicted molar refractivity (Wildman–Crippen MR) is 50.9 cm³/mol. The maximum Gasteiger partial charge on any atom is 0.407 e. The second-order valence-electron chi connectivity index (χ2n) is 3.99. The van der Waals surface area contributed by atoms with Crippen LogP contribution in [0.1, 0.15) is 20.8 Å². The Balaban J connectivity index is 4.42. The van der Waals surface area contributed by atoms with Crippen molar-refractivity contribution in [3.63, 3.8) is 0 Å². The van der Waals surface area contributed by atoms with E-state index in [1.165, 1.54) is 7.11 Å². The Bertz CT molecular complexity index is 219. The molecular formula is C9H17NO4. The van der Waals surface area contributed by atoms with Gasteiger partial charge in [0.2, 0.25) is 0 Å². The van der Waals surface area contributed by atoms with E-state index in [9.17, 15) is 9.59 Å². The number of amides is 1. The number of hydrogen-bond acceptors (Lipinski definition) is 4. The molecule has 5 nitrogen and oxygen atoms in total. The summed E-state index contributed by atoms with van der Waals surface area (Å²) in [4.78, 5) is 22.4. The molecule has 82 valence electrons. The first-order valence-corrected chi connectivity index (χ1v) is 4.32. The predicted octanol–water partition coefficient (Wildman–Crippen LogP) is 0.318. The molecule has 0 aliphatic rings. The molecule has 0 saturated carbocycles. The van der Waals surface area contributed by atoms with Gasteiger partial charge in [0, 0.05) is 5.41 Å². The van der Waals surface area contributed by atoms with Gasteiger partial charge in [-0.15, -0.1) is 0 Å². The first-order chi connectivity index (χ1) is 6.32. The maximum absolute atomic E-state index is 11.6. The minimum Gasteiger partial charge on any atom is -0.453 e. The molecule has 0 aliphatic heterocycles. The summed E-state index contributed by atoms with van der Waals surface area (Å²) >= 11 is 0. The van der Waals surface area contributed by atoms with Crippen molar-refractivity contribution in [2.75, 3.05) is 13.7 Å². The zero-order valence-corrected chi connectivity index (χ0v) is 8.96. The van der Waals surface area contributed by atoms with Crippen molar-refractivity contribution in [2.24, 2.45) is 5.41 Å². The van der Waals surface area contributed by atoms with Crippen molar-refractivity contribution in [1.82, 2.24) is 5.32 Å². The average Bonchev–Trinajstić information content (AvgIpc) is 2.11. The molecule has 1 atom stereocenters. The van der Waals surface area contributed by atoms with E-state index < -0.39 is 24.2 Å². The van der Waals surface area contributed by atoms with E-state index >= 15 is 0 Å². The number of aliphatic hydroxyl groups is 1. The minimum atomic E-state index is -0.901. The standard InChI is InChI=1S/C9H17NO4/c1-9(2,3)7(12)6(5-11)10-8(13)14-4/h6,11H,5H2,1-4H3,(H,10,13)/t6-/m0/s1. The van der Waals surface area contributed by atoms with Crippen LogP contribution in [0.15, 0.2) is 0 Å². The molecule has 0 bridgehead atoms. The lowest BCUT2D eigenvalue weighted by molar-refractivity contribution is -0.129. The summed E-state index contributed by atoms with van der Waals surface area (Å²) < 4.78 is 4.33. The molecule has 2 N–H and O–H groups in total. The zero-order valence-electron chi connectivity index (χ0n) is 8.96. The van der Waals surface area contributed by atoms with Gasteiger partial charge in [0.05, 0.1) is 13.7 Å². The number of Topliss-reactive ketones (excluding diaryl/α,β-unsaturated/α-hetero) is 1. The summed E-state index contributed by atoms with van der Waals surface area (Å²) in [6.45, 7) is 4.73. The van der Waals surface area contributed by atoms with Crippen LogP contribution in [0.3, 0.4) is 0 Å². The van der Waals surface area contributed by atoms with Crippen LogP contribution in [0.4, 0.5) is 4.79 Å². The topological polar surface area (TPSA) is 75.6 Å². The summed E-state index contributed by atoms with van der Waals surface area (Å²) in [5, 5.41) is 11.2. The number of ketones is 1. The van der Waals surface area contributed by atoms with E-state index in [0.29, 0.717) is 0 Å². The molecule has 14 heavy (non-hydrogen) atoms. The molecule has 0 aromatic rings. The van der Waals surface area contributed by atoms with Crippen LogP contribution in [-0.2, 0) is 9.53 Å².